The maximum atomic E-state index is 14.2. The second-order valence-electron chi connectivity index (χ2n) is 9.84. The van der Waals surface area contributed by atoms with Crippen molar-refractivity contribution >= 4 is 22.7 Å². The van der Waals surface area contributed by atoms with Gasteiger partial charge in [-0.15, -0.1) is 0 Å². The second-order valence-corrected chi connectivity index (χ2v) is 9.84. The molecule has 0 bridgehead atoms. The number of carbonyl (C=O) groups is 1. The van der Waals surface area contributed by atoms with Crippen LogP contribution >= 0.6 is 0 Å². The van der Waals surface area contributed by atoms with E-state index in [1.165, 1.54) is 6.07 Å². The Bertz CT molecular complexity index is 1360. The van der Waals surface area contributed by atoms with Crippen molar-refractivity contribution in [2.45, 2.75) is 79.9 Å². The number of anilines is 1. The summed E-state index contributed by atoms with van der Waals surface area (Å²) >= 11 is 0. The van der Waals surface area contributed by atoms with E-state index in [1.807, 2.05) is 5.32 Å². The van der Waals surface area contributed by atoms with Crippen LogP contribution in [0, 0.1) is 0 Å². The monoisotopic (exact) mass is 676 g/mol. The molecule has 1 aromatic carbocycles. The van der Waals surface area contributed by atoms with Gasteiger partial charge in [0.05, 0.1) is 17.4 Å². The summed E-state index contributed by atoms with van der Waals surface area (Å²) in [5.74, 6) is -56.9. The lowest BCUT2D eigenvalue weighted by Gasteiger charge is -2.43. The van der Waals surface area contributed by atoms with Crippen molar-refractivity contribution < 1.29 is 84.2 Å². The molecule has 0 saturated heterocycles. The minimum Gasteiger partial charge on any atom is -0.443 e. The normalized spacial score (nSPS) is 15.0. The molecule has 0 aliphatic rings. The third-order valence-corrected chi connectivity index (χ3v) is 6.03. The number of carbonyl (C=O) groups excluding carboxylic acids is 1. The Balaban J connectivity index is 2.26. The van der Waals surface area contributed by atoms with Crippen LogP contribution in [0.5, 0.6) is 0 Å². The van der Waals surface area contributed by atoms with Crippen LogP contribution in [0.1, 0.15) is 26.7 Å². The molecule has 0 fully saturated rings. The number of aromatic nitrogens is 1. The molecule has 44 heavy (non-hydrogen) atoms. The van der Waals surface area contributed by atoms with Gasteiger partial charge in [-0.2, -0.15) is 74.6 Å². The first-order chi connectivity index (χ1) is 19.4. The van der Waals surface area contributed by atoms with Crippen LogP contribution in [-0.2, 0) is 4.74 Å². The van der Waals surface area contributed by atoms with Gasteiger partial charge in [-0.1, -0.05) is 18.2 Å². The number of nitrogens with one attached hydrogen (secondary N) is 1. The van der Waals surface area contributed by atoms with E-state index in [4.69, 9.17) is 0 Å². The molecule has 1 aromatic heterocycles. The summed E-state index contributed by atoms with van der Waals surface area (Å²) in [6, 6.07) is 7.64. The van der Waals surface area contributed by atoms with E-state index in [2.05, 4.69) is 9.72 Å². The minimum atomic E-state index is -8.69. The summed E-state index contributed by atoms with van der Waals surface area (Å²) in [6.45, 7) is 1.39. The first-order valence-electron chi connectivity index (χ1n) is 11.5. The summed E-state index contributed by atoms with van der Waals surface area (Å²) in [7, 11) is 0. The van der Waals surface area contributed by atoms with E-state index < -0.39 is 72.2 Å². The molecule has 0 spiro atoms. The van der Waals surface area contributed by atoms with Gasteiger partial charge in [0.2, 0.25) is 0 Å². The van der Waals surface area contributed by atoms with Crippen LogP contribution in [0.3, 0.4) is 0 Å². The van der Waals surface area contributed by atoms with Gasteiger partial charge in [0, 0.05) is 11.8 Å². The fourth-order valence-corrected chi connectivity index (χ4v) is 3.40. The van der Waals surface area contributed by atoms with Crippen LogP contribution < -0.4 is 5.32 Å². The number of hydrogen-bond acceptors (Lipinski definition) is 3. The lowest BCUT2D eigenvalue weighted by atomic mass is 9.87. The summed E-state index contributed by atoms with van der Waals surface area (Å²) in [5.41, 5.74) is -1.98. The Morgan fingerprint density at radius 2 is 1.14 bits per heavy atom. The molecule has 1 amide bonds. The molecule has 2 rings (SSSR count). The molecule has 0 aliphatic heterocycles. The number of amides is 1. The molecule has 0 radical (unpaired) electrons. The highest BCUT2D eigenvalue weighted by atomic mass is 19.4. The molecular formula is C23H17F17N2O2. The number of para-hydroxylation sites is 1. The van der Waals surface area contributed by atoms with E-state index in [9.17, 15) is 79.4 Å². The molecule has 2 aromatic rings. The SMILES string of the molecule is CC(C)(CCC(F)(F)C(F)(F)C(F)(F)C(F)(F)C(F)(F)C(F)(F)C(F)(F)C(F)(F)F)OC(=O)Nc1cnc2ccccc2c1. The van der Waals surface area contributed by atoms with Crippen LogP contribution in [0.4, 0.5) is 85.1 Å². The van der Waals surface area contributed by atoms with Crippen LogP contribution in [-0.4, -0.2) is 64.3 Å². The van der Waals surface area contributed by atoms with Gasteiger partial charge in [0.15, 0.2) is 0 Å². The van der Waals surface area contributed by atoms with Gasteiger partial charge in [0.1, 0.15) is 5.60 Å². The van der Waals surface area contributed by atoms with Crippen molar-refractivity contribution in [1.29, 1.82) is 0 Å². The Labute approximate surface area is 234 Å². The molecule has 4 nitrogen and oxygen atoms in total. The first kappa shape index (κ1) is 36.9. The first-order valence-corrected chi connectivity index (χ1v) is 11.5. The fraction of sp³-hybridized carbons (Fsp3) is 0.565. The largest absolute Gasteiger partial charge is 0.460 e. The predicted octanol–water partition coefficient (Wildman–Crippen LogP) is 9.35. The van der Waals surface area contributed by atoms with E-state index in [-0.39, 0.29) is 5.69 Å². The lowest BCUT2D eigenvalue weighted by molar-refractivity contribution is -0.462. The quantitative estimate of drug-likeness (QED) is 0.242. The molecule has 250 valence electrons. The zero-order valence-corrected chi connectivity index (χ0v) is 21.6. The van der Waals surface area contributed by atoms with Crippen LogP contribution in [0.25, 0.3) is 10.9 Å². The van der Waals surface area contributed by atoms with Crippen LogP contribution in [0.2, 0.25) is 0 Å². The fourth-order valence-electron chi connectivity index (χ4n) is 3.40. The highest BCUT2D eigenvalue weighted by Crippen LogP contribution is 2.64. The van der Waals surface area contributed by atoms with Gasteiger partial charge in [-0.3, -0.25) is 10.3 Å². The minimum absolute atomic E-state index is 0.0722. The number of benzene rings is 1. The number of hydrogen-bond donors (Lipinski definition) is 1. The number of pyridine rings is 1. The van der Waals surface area contributed by atoms with Gasteiger partial charge in [-0.25, -0.2) is 4.79 Å². The smallest absolute Gasteiger partial charge is 0.443 e. The van der Waals surface area contributed by atoms with Gasteiger partial charge >= 0.3 is 53.7 Å². The van der Waals surface area contributed by atoms with Gasteiger partial charge in [0.25, 0.3) is 0 Å². The highest BCUT2D eigenvalue weighted by Gasteiger charge is 2.95. The third-order valence-electron chi connectivity index (χ3n) is 6.03. The summed E-state index contributed by atoms with van der Waals surface area (Å²) in [6.07, 6.45) is -12.6. The number of fused-ring (bicyclic) bond motifs is 1. The standard InChI is InChI=1S/C23H17F17N2O2/c1-15(2,44-14(43)42-12-9-11-5-3-4-6-13(11)41-10-12)7-8-16(24,25)17(26,27)18(28,29)19(30,31)20(32,33)21(34,35)22(36,37)23(38,39)40/h3-6,9-10H,7-8H2,1-2H3,(H,42,43). The van der Waals surface area contributed by atoms with Crippen LogP contribution in [0.15, 0.2) is 36.5 Å². The van der Waals surface area contributed by atoms with E-state index in [0.29, 0.717) is 24.8 Å². The van der Waals surface area contributed by atoms with E-state index in [1.54, 1.807) is 24.3 Å². The Kier molecular flexibility index (Phi) is 9.18. The Hall–Kier alpha value is -3.29. The number of halogens is 17. The zero-order chi connectivity index (χ0) is 34.6. The third kappa shape index (κ3) is 6.01. The highest BCUT2D eigenvalue weighted by molar-refractivity contribution is 5.89. The van der Waals surface area contributed by atoms with Gasteiger partial charge < -0.3 is 4.74 Å². The number of nitrogens with zero attached hydrogens (tertiary/aromatic N) is 1. The van der Waals surface area contributed by atoms with Crippen molar-refractivity contribution in [3.63, 3.8) is 0 Å². The summed E-state index contributed by atoms with van der Waals surface area (Å²) in [5, 5.41) is 2.51. The molecule has 1 N–H and O–H groups in total. The van der Waals surface area contributed by atoms with Crippen molar-refractivity contribution in [2.75, 3.05) is 5.32 Å². The van der Waals surface area contributed by atoms with Crippen molar-refractivity contribution in [3.05, 3.63) is 36.5 Å². The maximum absolute atomic E-state index is 14.2. The van der Waals surface area contributed by atoms with Gasteiger partial charge in [-0.05, 0) is 32.4 Å². The van der Waals surface area contributed by atoms with E-state index >= 15 is 0 Å². The van der Waals surface area contributed by atoms with Crippen molar-refractivity contribution in [1.82, 2.24) is 4.98 Å². The molecule has 0 unspecified atom stereocenters. The van der Waals surface area contributed by atoms with Crippen molar-refractivity contribution in [2.24, 2.45) is 0 Å². The topological polar surface area (TPSA) is 51.2 Å². The Morgan fingerprint density at radius 3 is 1.64 bits per heavy atom. The average Bonchev–Trinajstić information content (AvgIpc) is 2.85. The zero-order valence-electron chi connectivity index (χ0n) is 21.6. The molecular weight excluding hydrogens is 659 g/mol. The number of alkyl halides is 17. The summed E-state index contributed by atoms with van der Waals surface area (Å²) in [4.78, 5) is 16.1. The average molecular weight is 676 g/mol. The molecule has 0 atom stereocenters. The lowest BCUT2D eigenvalue weighted by Crippen LogP contribution is -2.74. The summed E-state index contributed by atoms with van der Waals surface area (Å²) < 4.78 is 233. The molecule has 21 heteroatoms. The molecule has 0 saturated carbocycles. The molecule has 1 heterocycles. The van der Waals surface area contributed by atoms with Crippen molar-refractivity contribution in [3.8, 4) is 0 Å². The Morgan fingerprint density at radius 1 is 0.682 bits per heavy atom. The number of ether oxygens (including phenoxy) is 1. The predicted molar refractivity (Wildman–Crippen MR) is 116 cm³/mol. The second kappa shape index (κ2) is 11.0. The number of rotatable bonds is 11. The van der Waals surface area contributed by atoms with E-state index in [0.717, 1.165) is 6.20 Å². The molecule has 0 aliphatic carbocycles. The maximum Gasteiger partial charge on any atom is 0.460 e.